The van der Waals surface area contributed by atoms with Crippen molar-refractivity contribution in [2.75, 3.05) is 5.32 Å². The van der Waals surface area contributed by atoms with Crippen molar-refractivity contribution in [3.63, 3.8) is 0 Å². The monoisotopic (exact) mass is 336 g/mol. The maximum absolute atomic E-state index is 13.5. The summed E-state index contributed by atoms with van der Waals surface area (Å²) in [4.78, 5) is 27.8. The van der Waals surface area contributed by atoms with Crippen LogP contribution in [0.4, 0.5) is 10.1 Å². The predicted molar refractivity (Wildman–Crippen MR) is 83.9 cm³/mol. The molecule has 2 rings (SSSR count). The standard InChI is InChI=1S/C16H14ClFN2O3/c1-9-5-6-11(8-12(9)18)16(22)23-10(2)15(21)20-13-4-3-7-19-14(13)17/h3-8,10H,1-2H3,(H,20,21)/t10-/m1/s1. The molecule has 0 saturated carbocycles. The van der Waals surface area contributed by atoms with E-state index in [0.717, 1.165) is 6.07 Å². The van der Waals surface area contributed by atoms with Crippen LogP contribution >= 0.6 is 11.6 Å². The van der Waals surface area contributed by atoms with Gasteiger partial charge in [-0.3, -0.25) is 4.79 Å². The van der Waals surface area contributed by atoms with Crippen LogP contribution in [0, 0.1) is 12.7 Å². The minimum absolute atomic E-state index is 0.0344. The molecule has 1 N–H and O–H groups in total. The number of amides is 1. The lowest BCUT2D eigenvalue weighted by Gasteiger charge is -2.14. The highest BCUT2D eigenvalue weighted by atomic mass is 35.5. The van der Waals surface area contributed by atoms with Gasteiger partial charge < -0.3 is 10.1 Å². The fourth-order valence-electron chi connectivity index (χ4n) is 1.72. The predicted octanol–water partition coefficient (Wildman–Crippen LogP) is 3.37. The summed E-state index contributed by atoms with van der Waals surface area (Å²) in [6.45, 7) is 2.99. The molecule has 1 atom stereocenters. The van der Waals surface area contributed by atoms with Crippen molar-refractivity contribution in [2.45, 2.75) is 20.0 Å². The Morgan fingerprint density at radius 3 is 2.74 bits per heavy atom. The Bertz CT molecular complexity index is 752. The van der Waals surface area contributed by atoms with Crippen molar-refractivity contribution >= 4 is 29.2 Å². The number of aromatic nitrogens is 1. The summed E-state index contributed by atoms with van der Waals surface area (Å²) in [6.07, 6.45) is 0.399. The van der Waals surface area contributed by atoms with E-state index in [2.05, 4.69) is 10.3 Å². The van der Waals surface area contributed by atoms with Crippen LogP contribution in [0.5, 0.6) is 0 Å². The Hall–Kier alpha value is -2.47. The third-order valence-corrected chi connectivity index (χ3v) is 3.38. The smallest absolute Gasteiger partial charge is 0.339 e. The van der Waals surface area contributed by atoms with E-state index in [1.807, 2.05) is 0 Å². The van der Waals surface area contributed by atoms with Crippen LogP contribution < -0.4 is 5.32 Å². The molecule has 0 spiro atoms. The number of carbonyl (C=O) groups excluding carboxylic acids is 2. The Kier molecular flexibility index (Phi) is 5.28. The van der Waals surface area contributed by atoms with Gasteiger partial charge in [0.1, 0.15) is 5.82 Å². The molecule has 1 aromatic carbocycles. The number of halogens is 2. The molecule has 0 aliphatic heterocycles. The summed E-state index contributed by atoms with van der Waals surface area (Å²) in [6, 6.07) is 7.14. The number of nitrogens with zero attached hydrogens (tertiary/aromatic N) is 1. The van der Waals surface area contributed by atoms with Crippen LogP contribution in [0.1, 0.15) is 22.8 Å². The molecule has 2 aromatic rings. The highest BCUT2D eigenvalue weighted by Crippen LogP contribution is 2.18. The van der Waals surface area contributed by atoms with Crippen molar-refractivity contribution in [1.29, 1.82) is 0 Å². The fourth-order valence-corrected chi connectivity index (χ4v) is 1.88. The second kappa shape index (κ2) is 7.19. The lowest BCUT2D eigenvalue weighted by atomic mass is 10.1. The molecule has 0 radical (unpaired) electrons. The van der Waals surface area contributed by atoms with E-state index in [1.165, 1.54) is 25.3 Å². The van der Waals surface area contributed by atoms with E-state index in [9.17, 15) is 14.0 Å². The minimum Gasteiger partial charge on any atom is -0.449 e. The summed E-state index contributed by atoms with van der Waals surface area (Å²) in [5.41, 5.74) is 0.758. The second-order valence-electron chi connectivity index (χ2n) is 4.84. The Morgan fingerprint density at radius 2 is 2.09 bits per heavy atom. The molecule has 1 heterocycles. The fraction of sp³-hybridized carbons (Fsp3) is 0.188. The van der Waals surface area contributed by atoms with E-state index in [-0.39, 0.29) is 10.7 Å². The van der Waals surface area contributed by atoms with E-state index in [1.54, 1.807) is 19.1 Å². The topological polar surface area (TPSA) is 68.3 Å². The highest BCUT2D eigenvalue weighted by molar-refractivity contribution is 6.32. The maximum Gasteiger partial charge on any atom is 0.339 e. The molecule has 23 heavy (non-hydrogen) atoms. The number of hydrogen-bond acceptors (Lipinski definition) is 4. The van der Waals surface area contributed by atoms with Crippen LogP contribution in [0.15, 0.2) is 36.5 Å². The van der Waals surface area contributed by atoms with Crippen LogP contribution in [-0.4, -0.2) is 23.0 Å². The zero-order valence-electron chi connectivity index (χ0n) is 12.5. The van der Waals surface area contributed by atoms with Crippen LogP contribution in [0.2, 0.25) is 5.15 Å². The molecular weight excluding hydrogens is 323 g/mol. The number of rotatable bonds is 4. The first-order valence-corrected chi connectivity index (χ1v) is 7.15. The third-order valence-electron chi connectivity index (χ3n) is 3.08. The molecular formula is C16H14ClFN2O3. The van der Waals surface area contributed by atoms with Crippen molar-refractivity contribution in [3.8, 4) is 0 Å². The van der Waals surface area contributed by atoms with Crippen molar-refractivity contribution in [1.82, 2.24) is 4.98 Å². The van der Waals surface area contributed by atoms with Crippen molar-refractivity contribution in [3.05, 3.63) is 58.6 Å². The summed E-state index contributed by atoms with van der Waals surface area (Å²) < 4.78 is 18.5. The first-order valence-electron chi connectivity index (χ1n) is 6.77. The lowest BCUT2D eigenvalue weighted by molar-refractivity contribution is -0.123. The number of hydrogen-bond donors (Lipinski definition) is 1. The average Bonchev–Trinajstić information content (AvgIpc) is 2.52. The molecule has 0 fully saturated rings. The number of esters is 1. The third kappa shape index (κ3) is 4.26. The number of anilines is 1. The van der Waals surface area contributed by atoms with Gasteiger partial charge in [-0.2, -0.15) is 0 Å². The zero-order valence-corrected chi connectivity index (χ0v) is 13.2. The van der Waals surface area contributed by atoms with Crippen LogP contribution in [0.25, 0.3) is 0 Å². The summed E-state index contributed by atoms with van der Waals surface area (Å²) in [5.74, 6) is -1.87. The van der Waals surface area contributed by atoms with Gasteiger partial charge in [-0.1, -0.05) is 17.7 Å². The number of benzene rings is 1. The second-order valence-corrected chi connectivity index (χ2v) is 5.20. The molecule has 7 heteroatoms. The summed E-state index contributed by atoms with van der Waals surface area (Å²) in [5, 5.41) is 2.63. The molecule has 1 amide bonds. The van der Waals surface area contributed by atoms with E-state index in [0.29, 0.717) is 11.3 Å². The quantitative estimate of drug-likeness (QED) is 0.686. The molecule has 0 unspecified atom stereocenters. The Morgan fingerprint density at radius 1 is 1.35 bits per heavy atom. The normalized spacial score (nSPS) is 11.7. The molecule has 0 aliphatic carbocycles. The van der Waals surface area contributed by atoms with Gasteiger partial charge in [-0.25, -0.2) is 14.2 Å². The highest BCUT2D eigenvalue weighted by Gasteiger charge is 2.20. The maximum atomic E-state index is 13.5. The van der Waals surface area contributed by atoms with Gasteiger partial charge in [-0.15, -0.1) is 0 Å². The summed E-state index contributed by atoms with van der Waals surface area (Å²) >= 11 is 5.83. The van der Waals surface area contributed by atoms with Crippen LogP contribution in [0.3, 0.4) is 0 Å². The van der Waals surface area contributed by atoms with Crippen molar-refractivity contribution < 1.29 is 18.7 Å². The van der Waals surface area contributed by atoms with Gasteiger partial charge in [0.15, 0.2) is 11.3 Å². The number of ether oxygens (including phenoxy) is 1. The number of aryl methyl sites for hydroxylation is 1. The van der Waals surface area contributed by atoms with E-state index < -0.39 is 23.8 Å². The zero-order chi connectivity index (χ0) is 17.0. The van der Waals surface area contributed by atoms with Gasteiger partial charge in [0, 0.05) is 6.20 Å². The van der Waals surface area contributed by atoms with E-state index >= 15 is 0 Å². The summed E-state index contributed by atoms with van der Waals surface area (Å²) in [7, 11) is 0. The first-order chi connectivity index (χ1) is 10.9. The van der Waals surface area contributed by atoms with Crippen molar-refractivity contribution in [2.24, 2.45) is 0 Å². The Labute approximate surface area is 137 Å². The lowest BCUT2D eigenvalue weighted by Crippen LogP contribution is -2.30. The van der Waals surface area contributed by atoms with Gasteiger partial charge in [0.25, 0.3) is 5.91 Å². The number of nitrogens with one attached hydrogen (secondary N) is 1. The molecule has 0 bridgehead atoms. The van der Waals surface area contributed by atoms with Gasteiger partial charge >= 0.3 is 5.97 Å². The number of pyridine rings is 1. The molecule has 120 valence electrons. The molecule has 1 aromatic heterocycles. The van der Waals surface area contributed by atoms with E-state index in [4.69, 9.17) is 16.3 Å². The van der Waals surface area contributed by atoms with Gasteiger partial charge in [0.05, 0.1) is 11.3 Å². The SMILES string of the molecule is Cc1ccc(C(=O)O[C@H](C)C(=O)Nc2cccnc2Cl)cc1F. The van der Waals surface area contributed by atoms with Gasteiger partial charge in [0.2, 0.25) is 0 Å². The Balaban J connectivity index is 2.01. The molecule has 0 saturated heterocycles. The largest absolute Gasteiger partial charge is 0.449 e. The minimum atomic E-state index is -1.08. The average molecular weight is 337 g/mol. The van der Waals surface area contributed by atoms with Gasteiger partial charge in [-0.05, 0) is 43.7 Å². The number of carbonyl (C=O) groups is 2. The molecule has 5 nitrogen and oxygen atoms in total. The first kappa shape index (κ1) is 16.9. The van der Waals surface area contributed by atoms with Crippen LogP contribution in [-0.2, 0) is 9.53 Å². The molecule has 0 aliphatic rings.